The molecule has 0 saturated heterocycles. The quantitative estimate of drug-likeness (QED) is 0.851. The van der Waals surface area contributed by atoms with Crippen molar-refractivity contribution in [2.24, 2.45) is 0 Å². The van der Waals surface area contributed by atoms with Crippen LogP contribution in [0.15, 0.2) is 48.4 Å². The van der Waals surface area contributed by atoms with E-state index >= 15 is 0 Å². The minimum absolute atomic E-state index is 0.0360. The zero-order valence-corrected chi connectivity index (χ0v) is 12.8. The number of carbonyl (C=O) groups excluding carboxylic acids is 2. The summed E-state index contributed by atoms with van der Waals surface area (Å²) in [6.45, 7) is 10.1. The van der Waals surface area contributed by atoms with E-state index in [9.17, 15) is 9.59 Å². The first-order chi connectivity index (χ1) is 10.1. The molecule has 0 spiro atoms. The van der Waals surface area contributed by atoms with Gasteiger partial charge in [-0.3, -0.25) is 9.59 Å². The molecule has 0 aromatic heterocycles. The highest BCUT2D eigenvalue weighted by Crippen LogP contribution is 2.36. The molecule has 0 fully saturated rings. The second kappa shape index (κ2) is 6.63. The van der Waals surface area contributed by atoms with Gasteiger partial charge in [-0.25, -0.2) is 0 Å². The molecule has 21 heavy (non-hydrogen) atoms. The fourth-order valence-corrected chi connectivity index (χ4v) is 3.01. The van der Waals surface area contributed by atoms with Crippen LogP contribution in [0, 0.1) is 0 Å². The molecule has 4 nitrogen and oxygen atoms in total. The number of nitrogens with one attached hydrogen (secondary N) is 1. The van der Waals surface area contributed by atoms with Crippen LogP contribution < -0.4 is 5.32 Å². The summed E-state index contributed by atoms with van der Waals surface area (Å²) in [5, 5.41) is 2.72. The van der Waals surface area contributed by atoms with Crippen molar-refractivity contribution in [3.63, 3.8) is 0 Å². The highest BCUT2D eigenvalue weighted by molar-refractivity contribution is 8.00. The van der Waals surface area contributed by atoms with Crippen LogP contribution in [0.2, 0.25) is 0 Å². The Morgan fingerprint density at radius 1 is 1.38 bits per heavy atom. The van der Waals surface area contributed by atoms with Crippen molar-refractivity contribution >= 4 is 29.3 Å². The molecule has 1 heterocycles. The van der Waals surface area contributed by atoms with Crippen LogP contribution in [-0.4, -0.2) is 35.1 Å². The van der Waals surface area contributed by atoms with Gasteiger partial charge >= 0.3 is 0 Å². The normalized spacial score (nSPS) is 16.6. The lowest BCUT2D eigenvalue weighted by atomic mass is 10.1. The van der Waals surface area contributed by atoms with Crippen LogP contribution in [0.3, 0.4) is 0 Å². The first kappa shape index (κ1) is 15.4. The van der Waals surface area contributed by atoms with E-state index < -0.39 is 0 Å². The fourth-order valence-electron chi connectivity index (χ4n) is 2.08. The van der Waals surface area contributed by atoms with Crippen LogP contribution >= 0.6 is 11.8 Å². The summed E-state index contributed by atoms with van der Waals surface area (Å²) in [5.74, 6) is -0.137. The molecule has 5 heteroatoms. The third kappa shape index (κ3) is 3.36. The Morgan fingerprint density at radius 3 is 2.67 bits per heavy atom. The van der Waals surface area contributed by atoms with E-state index in [0.717, 1.165) is 4.90 Å². The van der Waals surface area contributed by atoms with Gasteiger partial charge < -0.3 is 10.2 Å². The second-order valence-corrected chi connectivity index (χ2v) is 6.13. The van der Waals surface area contributed by atoms with Crippen LogP contribution in [-0.2, 0) is 4.79 Å². The Balaban J connectivity index is 2.27. The van der Waals surface area contributed by atoms with E-state index in [1.807, 2.05) is 13.0 Å². The molecule has 2 rings (SSSR count). The summed E-state index contributed by atoms with van der Waals surface area (Å²) in [5.41, 5.74) is 1.25. The molecule has 2 amide bonds. The van der Waals surface area contributed by atoms with Crippen LogP contribution in [0.5, 0.6) is 0 Å². The number of thioether (sulfide) groups is 1. The molecule has 0 bridgehead atoms. The molecule has 1 unspecified atom stereocenters. The lowest BCUT2D eigenvalue weighted by Crippen LogP contribution is -2.32. The Morgan fingerprint density at radius 2 is 2.05 bits per heavy atom. The van der Waals surface area contributed by atoms with Gasteiger partial charge in [0, 0.05) is 23.5 Å². The Hall–Kier alpha value is -2.01. The first-order valence-electron chi connectivity index (χ1n) is 6.69. The number of rotatable bonds is 5. The van der Waals surface area contributed by atoms with E-state index in [1.165, 1.54) is 11.8 Å². The molecule has 0 aliphatic carbocycles. The molecule has 1 aromatic carbocycles. The van der Waals surface area contributed by atoms with Gasteiger partial charge in [0.2, 0.25) is 5.91 Å². The van der Waals surface area contributed by atoms with Gasteiger partial charge in [-0.05, 0) is 25.1 Å². The van der Waals surface area contributed by atoms with Crippen LogP contribution in [0.25, 0.3) is 0 Å². The number of fused-ring (bicyclic) bond motifs is 1. The monoisotopic (exact) mass is 302 g/mol. The van der Waals surface area contributed by atoms with Crippen molar-refractivity contribution in [3.05, 3.63) is 49.1 Å². The molecule has 1 N–H and O–H groups in total. The fraction of sp³-hybridized carbons (Fsp3) is 0.250. The van der Waals surface area contributed by atoms with Crippen molar-refractivity contribution in [3.8, 4) is 0 Å². The molecule has 1 atom stereocenters. The topological polar surface area (TPSA) is 49.4 Å². The van der Waals surface area contributed by atoms with E-state index in [-0.39, 0.29) is 17.1 Å². The highest BCUT2D eigenvalue weighted by atomic mass is 32.2. The number of amides is 2. The van der Waals surface area contributed by atoms with Crippen molar-refractivity contribution in [2.75, 3.05) is 18.4 Å². The Bertz CT molecular complexity index is 588. The van der Waals surface area contributed by atoms with Crippen LogP contribution in [0.1, 0.15) is 17.3 Å². The third-order valence-electron chi connectivity index (χ3n) is 3.14. The van der Waals surface area contributed by atoms with Crippen molar-refractivity contribution < 1.29 is 9.59 Å². The maximum Gasteiger partial charge on any atom is 0.254 e. The molecular formula is C16H18N2O2S. The predicted molar refractivity (Wildman–Crippen MR) is 86.7 cm³/mol. The lowest BCUT2D eigenvalue weighted by molar-refractivity contribution is -0.115. The van der Waals surface area contributed by atoms with Gasteiger partial charge in [-0.1, -0.05) is 12.2 Å². The minimum Gasteiger partial charge on any atom is -0.331 e. The van der Waals surface area contributed by atoms with Gasteiger partial charge in [-0.2, -0.15) is 0 Å². The summed E-state index contributed by atoms with van der Waals surface area (Å²) in [4.78, 5) is 26.8. The number of anilines is 1. The van der Waals surface area contributed by atoms with Gasteiger partial charge in [0.1, 0.15) is 0 Å². The van der Waals surface area contributed by atoms with Gasteiger partial charge in [0.05, 0.1) is 10.9 Å². The largest absolute Gasteiger partial charge is 0.331 e. The SMILES string of the molecule is C=CCN(CC=C)C(=O)c1ccc2c(c1)NC(=O)C(C)S2. The number of hydrogen-bond donors (Lipinski definition) is 1. The first-order valence-corrected chi connectivity index (χ1v) is 7.57. The van der Waals surface area contributed by atoms with Gasteiger partial charge in [0.25, 0.3) is 5.91 Å². The standard InChI is InChI=1S/C16H18N2O2S/c1-4-8-18(9-5-2)16(20)12-6-7-14-13(10-12)17-15(19)11(3)21-14/h4-7,10-11H,1-2,8-9H2,3H3,(H,17,19). The summed E-state index contributed by atoms with van der Waals surface area (Å²) >= 11 is 1.50. The Labute approximate surface area is 128 Å². The summed E-state index contributed by atoms with van der Waals surface area (Å²) in [7, 11) is 0. The molecular weight excluding hydrogens is 284 g/mol. The second-order valence-electron chi connectivity index (χ2n) is 4.75. The van der Waals surface area contributed by atoms with E-state index in [4.69, 9.17) is 0 Å². The Kier molecular flexibility index (Phi) is 4.85. The minimum atomic E-state index is -0.114. The molecule has 1 aromatic rings. The van der Waals surface area contributed by atoms with Gasteiger partial charge in [0.15, 0.2) is 0 Å². The molecule has 0 saturated carbocycles. The number of benzene rings is 1. The maximum atomic E-state index is 12.5. The highest BCUT2D eigenvalue weighted by Gasteiger charge is 2.24. The average Bonchev–Trinajstić information content (AvgIpc) is 2.47. The number of hydrogen-bond acceptors (Lipinski definition) is 3. The zero-order chi connectivity index (χ0) is 15.4. The van der Waals surface area contributed by atoms with E-state index in [0.29, 0.717) is 24.3 Å². The number of carbonyl (C=O) groups is 2. The zero-order valence-electron chi connectivity index (χ0n) is 12.0. The van der Waals surface area contributed by atoms with Crippen molar-refractivity contribution in [1.82, 2.24) is 4.90 Å². The van der Waals surface area contributed by atoms with Crippen molar-refractivity contribution in [1.29, 1.82) is 0 Å². The summed E-state index contributed by atoms with van der Waals surface area (Å²) in [6, 6.07) is 5.40. The lowest BCUT2D eigenvalue weighted by Gasteiger charge is -2.23. The summed E-state index contributed by atoms with van der Waals surface area (Å²) in [6.07, 6.45) is 3.36. The van der Waals surface area contributed by atoms with Crippen molar-refractivity contribution in [2.45, 2.75) is 17.1 Å². The van der Waals surface area contributed by atoms with E-state index in [2.05, 4.69) is 18.5 Å². The third-order valence-corrected chi connectivity index (χ3v) is 4.32. The molecule has 1 aliphatic heterocycles. The van der Waals surface area contributed by atoms with Crippen LogP contribution in [0.4, 0.5) is 5.69 Å². The molecule has 1 aliphatic rings. The smallest absolute Gasteiger partial charge is 0.254 e. The molecule has 0 radical (unpaired) electrons. The van der Waals surface area contributed by atoms with E-state index in [1.54, 1.807) is 29.2 Å². The number of nitrogens with zero attached hydrogens (tertiary/aromatic N) is 1. The average molecular weight is 302 g/mol. The maximum absolute atomic E-state index is 12.5. The van der Waals surface area contributed by atoms with Gasteiger partial charge in [-0.15, -0.1) is 24.9 Å². The summed E-state index contributed by atoms with van der Waals surface area (Å²) < 4.78 is 0. The predicted octanol–water partition coefficient (Wildman–Crippen LogP) is 2.93. The molecule has 110 valence electrons.